The Morgan fingerprint density at radius 2 is 1.83 bits per heavy atom. The van der Waals surface area contributed by atoms with Gasteiger partial charge in [0, 0.05) is 6.61 Å². The van der Waals surface area contributed by atoms with Gasteiger partial charge in [-0.3, -0.25) is 0 Å². The van der Waals surface area contributed by atoms with Crippen molar-refractivity contribution in [2.24, 2.45) is 17.8 Å². The standard InChI is InChI=1S/C15H30O2Si/c1-15(2,3)18(4,5)17-10-12-8-11-6-7-13(12)14(16)9-11/h11-14,16H,6-10H2,1-5H3. The van der Waals surface area contributed by atoms with E-state index in [2.05, 4.69) is 33.9 Å². The fourth-order valence-electron chi connectivity index (χ4n) is 3.35. The number of fused-ring (bicyclic) bond motifs is 3. The van der Waals surface area contributed by atoms with Gasteiger partial charge < -0.3 is 9.53 Å². The smallest absolute Gasteiger partial charge is 0.191 e. The molecule has 106 valence electrons. The quantitative estimate of drug-likeness (QED) is 0.790. The van der Waals surface area contributed by atoms with E-state index in [1.54, 1.807) is 0 Å². The molecule has 18 heavy (non-hydrogen) atoms. The van der Waals surface area contributed by atoms with Crippen LogP contribution in [0.2, 0.25) is 18.1 Å². The van der Waals surface area contributed by atoms with Crippen LogP contribution in [0.5, 0.6) is 0 Å². The van der Waals surface area contributed by atoms with Crippen LogP contribution in [0.25, 0.3) is 0 Å². The Bertz CT molecular complexity index is 295. The maximum atomic E-state index is 10.1. The van der Waals surface area contributed by atoms with Gasteiger partial charge in [-0.05, 0) is 61.6 Å². The minimum Gasteiger partial charge on any atom is -0.417 e. The van der Waals surface area contributed by atoms with E-state index in [1.165, 1.54) is 19.3 Å². The van der Waals surface area contributed by atoms with E-state index < -0.39 is 8.32 Å². The number of hydrogen-bond donors (Lipinski definition) is 1. The molecule has 0 aromatic carbocycles. The molecule has 0 spiro atoms. The van der Waals surface area contributed by atoms with Gasteiger partial charge in [-0.25, -0.2) is 0 Å². The zero-order chi connectivity index (χ0) is 13.6. The highest BCUT2D eigenvalue weighted by atomic mass is 28.4. The lowest BCUT2D eigenvalue weighted by Gasteiger charge is -2.47. The SMILES string of the molecule is CC(C)(C)[Si](C)(C)OCC1CC2CCC1C(O)C2. The van der Waals surface area contributed by atoms with Crippen molar-refractivity contribution >= 4 is 8.32 Å². The highest BCUT2D eigenvalue weighted by Crippen LogP contribution is 2.46. The first-order valence-electron chi connectivity index (χ1n) is 7.53. The molecule has 0 amide bonds. The molecule has 0 aliphatic heterocycles. The first kappa shape index (κ1) is 14.5. The third kappa shape index (κ3) is 2.83. The van der Waals surface area contributed by atoms with E-state index in [9.17, 15) is 5.11 Å². The highest BCUT2D eigenvalue weighted by Gasteiger charge is 2.43. The monoisotopic (exact) mass is 270 g/mol. The van der Waals surface area contributed by atoms with E-state index in [0.717, 1.165) is 18.9 Å². The summed E-state index contributed by atoms with van der Waals surface area (Å²) in [6.07, 6.45) is 4.83. The maximum Gasteiger partial charge on any atom is 0.191 e. The van der Waals surface area contributed by atoms with E-state index in [1.807, 2.05) is 0 Å². The Kier molecular flexibility index (Phi) is 3.97. The number of rotatable bonds is 3. The van der Waals surface area contributed by atoms with Crippen LogP contribution in [0.4, 0.5) is 0 Å². The molecule has 3 rings (SSSR count). The van der Waals surface area contributed by atoms with Crippen molar-refractivity contribution in [3.05, 3.63) is 0 Å². The number of aliphatic hydroxyl groups excluding tert-OH is 1. The van der Waals surface area contributed by atoms with Gasteiger partial charge in [-0.15, -0.1) is 0 Å². The molecule has 2 nitrogen and oxygen atoms in total. The van der Waals surface area contributed by atoms with Crippen molar-refractivity contribution < 1.29 is 9.53 Å². The lowest BCUT2D eigenvalue weighted by Crippen LogP contribution is -2.47. The lowest BCUT2D eigenvalue weighted by atomic mass is 9.63. The van der Waals surface area contributed by atoms with Crippen LogP contribution in [0.3, 0.4) is 0 Å². The third-order valence-corrected chi connectivity index (χ3v) is 10.2. The topological polar surface area (TPSA) is 29.5 Å². The Labute approximate surface area is 113 Å². The van der Waals surface area contributed by atoms with Crippen LogP contribution in [0, 0.1) is 17.8 Å². The van der Waals surface area contributed by atoms with E-state index >= 15 is 0 Å². The molecule has 0 saturated heterocycles. The Morgan fingerprint density at radius 1 is 1.17 bits per heavy atom. The predicted molar refractivity (Wildman–Crippen MR) is 78.1 cm³/mol. The molecule has 3 saturated carbocycles. The molecule has 0 radical (unpaired) electrons. The highest BCUT2D eigenvalue weighted by molar-refractivity contribution is 6.74. The largest absolute Gasteiger partial charge is 0.417 e. The summed E-state index contributed by atoms with van der Waals surface area (Å²) in [5, 5.41) is 10.4. The van der Waals surface area contributed by atoms with Gasteiger partial charge in [0.15, 0.2) is 8.32 Å². The van der Waals surface area contributed by atoms with Crippen LogP contribution < -0.4 is 0 Å². The second-order valence-electron chi connectivity index (χ2n) is 7.98. The minimum absolute atomic E-state index is 0.0504. The van der Waals surface area contributed by atoms with E-state index in [4.69, 9.17) is 4.43 Å². The summed E-state index contributed by atoms with van der Waals surface area (Å²) in [6, 6.07) is 0. The summed E-state index contributed by atoms with van der Waals surface area (Å²) in [7, 11) is -1.62. The third-order valence-electron chi connectivity index (χ3n) is 5.68. The average Bonchev–Trinajstić information content (AvgIpc) is 2.25. The van der Waals surface area contributed by atoms with Crippen LogP contribution in [0.15, 0.2) is 0 Å². The molecule has 3 aliphatic rings. The van der Waals surface area contributed by atoms with Crippen LogP contribution in [-0.2, 0) is 4.43 Å². The van der Waals surface area contributed by atoms with Crippen molar-refractivity contribution in [1.29, 1.82) is 0 Å². The van der Waals surface area contributed by atoms with Gasteiger partial charge in [-0.2, -0.15) is 0 Å². The molecule has 4 atom stereocenters. The van der Waals surface area contributed by atoms with Crippen molar-refractivity contribution in [1.82, 2.24) is 0 Å². The summed E-state index contributed by atoms with van der Waals surface area (Å²) in [6.45, 7) is 12.4. The Balaban J connectivity index is 1.91. The Morgan fingerprint density at radius 3 is 2.33 bits per heavy atom. The molecule has 2 bridgehead atoms. The minimum atomic E-state index is -1.62. The second-order valence-corrected chi connectivity index (χ2v) is 12.8. The molecule has 3 heteroatoms. The lowest BCUT2D eigenvalue weighted by molar-refractivity contribution is -0.0506. The van der Waals surface area contributed by atoms with Crippen molar-refractivity contribution in [3.63, 3.8) is 0 Å². The summed E-state index contributed by atoms with van der Waals surface area (Å²) >= 11 is 0. The van der Waals surface area contributed by atoms with Gasteiger partial charge >= 0.3 is 0 Å². The van der Waals surface area contributed by atoms with Crippen LogP contribution in [0.1, 0.15) is 46.5 Å². The maximum absolute atomic E-state index is 10.1. The molecule has 1 N–H and O–H groups in total. The van der Waals surface area contributed by atoms with Crippen molar-refractivity contribution in [2.45, 2.75) is 70.7 Å². The van der Waals surface area contributed by atoms with Gasteiger partial charge in [0.25, 0.3) is 0 Å². The number of hydrogen-bond acceptors (Lipinski definition) is 2. The summed E-state index contributed by atoms with van der Waals surface area (Å²) in [5.74, 6) is 1.89. The summed E-state index contributed by atoms with van der Waals surface area (Å²) in [5.41, 5.74) is 0. The Hall–Kier alpha value is 0.137. The molecule has 0 aromatic heterocycles. The summed E-state index contributed by atoms with van der Waals surface area (Å²) < 4.78 is 6.36. The zero-order valence-corrected chi connectivity index (χ0v) is 13.7. The first-order chi connectivity index (χ1) is 8.21. The normalized spacial score (nSPS) is 37.0. The number of aliphatic hydroxyl groups is 1. The zero-order valence-electron chi connectivity index (χ0n) is 12.7. The fraction of sp³-hybridized carbons (Fsp3) is 1.00. The molecule has 0 heterocycles. The van der Waals surface area contributed by atoms with Gasteiger partial charge in [0.1, 0.15) is 0 Å². The van der Waals surface area contributed by atoms with Gasteiger partial charge in [0.2, 0.25) is 0 Å². The van der Waals surface area contributed by atoms with Gasteiger partial charge in [-0.1, -0.05) is 20.8 Å². The molecular formula is C15H30O2Si. The van der Waals surface area contributed by atoms with E-state index in [-0.39, 0.29) is 6.10 Å². The molecular weight excluding hydrogens is 240 g/mol. The summed E-state index contributed by atoms with van der Waals surface area (Å²) in [4.78, 5) is 0. The molecule has 4 unspecified atom stereocenters. The van der Waals surface area contributed by atoms with Crippen molar-refractivity contribution in [3.8, 4) is 0 Å². The van der Waals surface area contributed by atoms with Crippen LogP contribution >= 0.6 is 0 Å². The van der Waals surface area contributed by atoms with Gasteiger partial charge in [0.05, 0.1) is 6.10 Å². The van der Waals surface area contributed by atoms with Crippen molar-refractivity contribution in [2.75, 3.05) is 6.61 Å². The molecule has 3 aliphatic carbocycles. The first-order valence-corrected chi connectivity index (χ1v) is 10.4. The van der Waals surface area contributed by atoms with Crippen LogP contribution in [-0.4, -0.2) is 26.1 Å². The van der Waals surface area contributed by atoms with E-state index in [0.29, 0.717) is 16.9 Å². The average molecular weight is 270 g/mol. The molecule has 0 aromatic rings. The fourth-order valence-corrected chi connectivity index (χ4v) is 4.41. The second kappa shape index (κ2) is 4.91. The predicted octanol–water partition coefficient (Wildman–Crippen LogP) is 3.81. The molecule has 3 fully saturated rings.